The number of amides is 1. The van der Waals surface area contributed by atoms with E-state index >= 15 is 0 Å². The van der Waals surface area contributed by atoms with Gasteiger partial charge in [0.1, 0.15) is 6.54 Å². The number of aliphatic imine (C=N–C) groups is 1. The Hall–Kier alpha value is -2.53. The van der Waals surface area contributed by atoms with Crippen LogP contribution in [0.15, 0.2) is 47.5 Å². The lowest BCUT2D eigenvalue weighted by Crippen LogP contribution is -2.37. The van der Waals surface area contributed by atoms with Gasteiger partial charge in [-0.15, -0.1) is 0 Å². The molecule has 6 nitrogen and oxygen atoms in total. The van der Waals surface area contributed by atoms with Crippen LogP contribution in [0, 0.1) is 13.8 Å². The fourth-order valence-electron chi connectivity index (χ4n) is 4.02. The van der Waals surface area contributed by atoms with Crippen LogP contribution in [-0.2, 0) is 20.8 Å². The Morgan fingerprint density at radius 2 is 1.82 bits per heavy atom. The van der Waals surface area contributed by atoms with E-state index in [1.54, 1.807) is 4.90 Å². The molecule has 0 spiro atoms. The largest absolute Gasteiger partial charge is 0.418 e. The van der Waals surface area contributed by atoms with Crippen molar-refractivity contribution < 1.29 is 26.4 Å². The molecule has 1 N–H and O–H groups in total. The van der Waals surface area contributed by atoms with Gasteiger partial charge in [-0.2, -0.15) is 13.2 Å². The molecule has 2 aromatic carbocycles. The second kappa shape index (κ2) is 8.68. The number of sulfone groups is 1. The van der Waals surface area contributed by atoms with Crippen LogP contribution in [0.3, 0.4) is 0 Å². The monoisotopic (exact) mass is 497 g/mol. The Morgan fingerprint density at radius 1 is 1.15 bits per heavy atom. The summed E-state index contributed by atoms with van der Waals surface area (Å²) in [5.41, 5.74) is 1.32. The molecule has 33 heavy (non-hydrogen) atoms. The molecule has 11 heteroatoms. The number of alkyl halides is 3. The number of para-hydroxylation sites is 1. The van der Waals surface area contributed by atoms with Gasteiger partial charge in [-0.25, -0.2) is 8.42 Å². The number of rotatable bonds is 4. The second-order valence-electron chi connectivity index (χ2n) is 8.24. The van der Waals surface area contributed by atoms with Crippen LogP contribution in [0.5, 0.6) is 0 Å². The Labute approximate surface area is 194 Å². The van der Waals surface area contributed by atoms with Crippen molar-refractivity contribution in [2.24, 2.45) is 4.99 Å². The number of carbonyl (C=O) groups is 1. The normalized spacial score (nSPS) is 21.4. The summed E-state index contributed by atoms with van der Waals surface area (Å²) in [6.07, 6.45) is -4.61. The highest BCUT2D eigenvalue weighted by molar-refractivity contribution is 8.15. The minimum Gasteiger partial charge on any atom is -0.324 e. The molecule has 1 saturated heterocycles. The zero-order valence-corrected chi connectivity index (χ0v) is 19.5. The molecule has 4 rings (SSSR count). The van der Waals surface area contributed by atoms with Crippen LogP contribution in [-0.4, -0.2) is 48.8 Å². The van der Waals surface area contributed by atoms with Crippen molar-refractivity contribution in [3.63, 3.8) is 0 Å². The zero-order valence-electron chi connectivity index (χ0n) is 17.9. The van der Waals surface area contributed by atoms with Gasteiger partial charge in [-0.05, 0) is 49.2 Å². The first-order valence-electron chi connectivity index (χ1n) is 10.2. The van der Waals surface area contributed by atoms with Gasteiger partial charge < -0.3 is 10.2 Å². The van der Waals surface area contributed by atoms with Gasteiger partial charge in [-0.1, -0.05) is 30.0 Å². The van der Waals surface area contributed by atoms with Gasteiger partial charge in [0, 0.05) is 10.9 Å². The Morgan fingerprint density at radius 3 is 2.45 bits per heavy atom. The molecule has 0 bridgehead atoms. The quantitative estimate of drug-likeness (QED) is 0.690. The summed E-state index contributed by atoms with van der Waals surface area (Å²) in [4.78, 5) is 19.1. The number of fused-ring (bicyclic) bond motifs is 1. The Kier molecular flexibility index (Phi) is 6.21. The lowest BCUT2D eigenvalue weighted by atomic mass is 10.1. The maximum Gasteiger partial charge on any atom is 0.418 e. The standard InChI is InChI=1S/C22H22F3N3O3S2/c1-13-7-14(2)9-15(8-13)28(21-27-18-11-33(30,31)12-19(18)32-21)10-20(29)26-17-6-4-3-5-16(17)22(23,24)25/h3-9,18-19H,10-12H2,1-2H3,(H,26,29)/t18-,19-/m1/s1. The minimum absolute atomic E-state index is 0.0151. The predicted octanol–water partition coefficient (Wildman–Crippen LogP) is 4.04. The van der Waals surface area contributed by atoms with E-state index in [9.17, 15) is 26.4 Å². The summed E-state index contributed by atoms with van der Waals surface area (Å²) in [6, 6.07) is 10.1. The van der Waals surface area contributed by atoms with E-state index in [0.717, 1.165) is 17.2 Å². The summed E-state index contributed by atoms with van der Waals surface area (Å²) in [6.45, 7) is 3.53. The molecule has 2 heterocycles. The smallest absolute Gasteiger partial charge is 0.324 e. The Bertz CT molecular complexity index is 1210. The molecule has 2 aromatic rings. The number of carbonyl (C=O) groups excluding carboxylic acids is 1. The first-order chi connectivity index (χ1) is 15.4. The number of amidine groups is 1. The van der Waals surface area contributed by atoms with Crippen LogP contribution >= 0.6 is 11.8 Å². The first kappa shape index (κ1) is 23.6. The maximum absolute atomic E-state index is 13.3. The van der Waals surface area contributed by atoms with Crippen molar-refractivity contribution >= 4 is 44.0 Å². The summed E-state index contributed by atoms with van der Waals surface area (Å²) in [5.74, 6) is -0.667. The summed E-state index contributed by atoms with van der Waals surface area (Å²) >= 11 is 1.29. The third-order valence-corrected chi connectivity index (χ3v) is 8.61. The number of hydrogen-bond acceptors (Lipinski definition) is 6. The molecule has 0 unspecified atom stereocenters. The summed E-state index contributed by atoms with van der Waals surface area (Å²) < 4.78 is 63.8. The van der Waals surface area contributed by atoms with Gasteiger partial charge in [0.05, 0.1) is 28.8 Å². The molecule has 2 aliphatic rings. The predicted molar refractivity (Wildman–Crippen MR) is 125 cm³/mol. The average molecular weight is 498 g/mol. The molecule has 176 valence electrons. The van der Waals surface area contributed by atoms with Crippen LogP contribution in [0.25, 0.3) is 0 Å². The van der Waals surface area contributed by atoms with E-state index in [2.05, 4.69) is 10.3 Å². The van der Waals surface area contributed by atoms with Crippen molar-refractivity contribution in [1.82, 2.24) is 0 Å². The van der Waals surface area contributed by atoms with E-state index in [0.29, 0.717) is 10.9 Å². The molecular formula is C22H22F3N3O3S2. The number of hydrogen-bond donors (Lipinski definition) is 1. The van der Waals surface area contributed by atoms with Gasteiger partial charge in [0.15, 0.2) is 15.0 Å². The van der Waals surface area contributed by atoms with Crippen molar-refractivity contribution in [1.29, 1.82) is 0 Å². The summed E-state index contributed by atoms with van der Waals surface area (Å²) in [5, 5.41) is 2.63. The zero-order chi connectivity index (χ0) is 24.0. The average Bonchev–Trinajstić information content (AvgIpc) is 3.18. The molecule has 0 radical (unpaired) electrons. The molecule has 0 aromatic heterocycles. The number of benzene rings is 2. The number of halogens is 3. The van der Waals surface area contributed by atoms with Crippen molar-refractivity contribution in [3.05, 3.63) is 59.2 Å². The third kappa shape index (κ3) is 5.35. The van der Waals surface area contributed by atoms with E-state index in [1.165, 1.54) is 30.0 Å². The highest BCUT2D eigenvalue weighted by Gasteiger charge is 2.44. The van der Waals surface area contributed by atoms with Crippen LogP contribution in [0.2, 0.25) is 0 Å². The van der Waals surface area contributed by atoms with Gasteiger partial charge >= 0.3 is 6.18 Å². The van der Waals surface area contributed by atoms with Crippen molar-refractivity contribution in [2.75, 3.05) is 28.3 Å². The molecule has 1 fully saturated rings. The SMILES string of the molecule is Cc1cc(C)cc(N(CC(=O)Nc2ccccc2C(F)(F)F)C2=N[C@@H]3CS(=O)(=O)C[C@H]3S2)c1. The van der Waals surface area contributed by atoms with Gasteiger partial charge in [0.25, 0.3) is 0 Å². The maximum atomic E-state index is 13.3. The van der Waals surface area contributed by atoms with Crippen LogP contribution in [0.1, 0.15) is 16.7 Å². The van der Waals surface area contributed by atoms with Gasteiger partial charge in [-0.3, -0.25) is 9.79 Å². The molecule has 0 aliphatic carbocycles. The lowest BCUT2D eigenvalue weighted by Gasteiger charge is -2.25. The van der Waals surface area contributed by atoms with Crippen LogP contribution < -0.4 is 10.2 Å². The fourth-order valence-corrected chi connectivity index (χ4v) is 7.80. The van der Waals surface area contributed by atoms with Crippen molar-refractivity contribution in [3.8, 4) is 0 Å². The Balaban J connectivity index is 1.62. The number of nitrogens with one attached hydrogen (secondary N) is 1. The highest BCUT2D eigenvalue weighted by atomic mass is 32.2. The number of nitrogens with zero attached hydrogens (tertiary/aromatic N) is 2. The number of anilines is 2. The highest BCUT2D eigenvalue weighted by Crippen LogP contribution is 2.38. The van der Waals surface area contributed by atoms with Crippen LogP contribution in [0.4, 0.5) is 24.5 Å². The number of thioether (sulfide) groups is 1. The van der Waals surface area contributed by atoms with E-state index in [-0.39, 0.29) is 29.0 Å². The third-order valence-electron chi connectivity index (χ3n) is 5.36. The first-order valence-corrected chi connectivity index (χ1v) is 12.9. The van der Waals surface area contributed by atoms with E-state index in [1.807, 2.05) is 32.0 Å². The van der Waals surface area contributed by atoms with Gasteiger partial charge in [0.2, 0.25) is 5.91 Å². The molecule has 1 amide bonds. The fraction of sp³-hybridized carbons (Fsp3) is 0.364. The number of aryl methyl sites for hydroxylation is 2. The molecule has 2 atom stereocenters. The lowest BCUT2D eigenvalue weighted by molar-refractivity contribution is -0.137. The molecular weight excluding hydrogens is 475 g/mol. The minimum atomic E-state index is -4.61. The summed E-state index contributed by atoms with van der Waals surface area (Å²) in [7, 11) is -3.15. The molecule has 0 saturated carbocycles. The van der Waals surface area contributed by atoms with E-state index in [4.69, 9.17) is 0 Å². The molecule has 2 aliphatic heterocycles. The topological polar surface area (TPSA) is 78.8 Å². The van der Waals surface area contributed by atoms with E-state index < -0.39 is 33.5 Å². The van der Waals surface area contributed by atoms with Crippen molar-refractivity contribution in [2.45, 2.75) is 31.3 Å². The second-order valence-corrected chi connectivity index (χ2v) is 11.6.